The molecule has 7 nitrogen and oxygen atoms in total. The molecular weight excluding hydrogens is 412 g/mol. The van der Waals surface area contributed by atoms with Crippen LogP contribution in [0.1, 0.15) is 17.4 Å². The molecule has 1 aromatic heterocycles. The first-order valence-corrected chi connectivity index (χ1v) is 9.76. The third-order valence-electron chi connectivity index (χ3n) is 5.66. The first-order chi connectivity index (χ1) is 14.8. The molecule has 166 valence electrons. The standard InChI is InChI=1S/C22H23F2NO6/c1-30-14-4-2-11(16(24)8-14)6-12-9-25(17-5-3-13(23)7-15(12)17)22-21(29)20(28)19(27)18(10-26)31-22/h2-5,7-9,18-22,26-29H,6,10H2,1H3/t18-,19-,20+,21-,22-/m1/s1. The highest BCUT2D eigenvalue weighted by Crippen LogP contribution is 2.34. The zero-order chi connectivity index (χ0) is 22.3. The van der Waals surface area contributed by atoms with Crippen molar-refractivity contribution in [1.82, 2.24) is 4.57 Å². The Bertz CT molecular complexity index is 1090. The van der Waals surface area contributed by atoms with Crippen LogP contribution >= 0.6 is 0 Å². The Morgan fingerprint density at radius 1 is 1.00 bits per heavy atom. The number of hydrogen-bond acceptors (Lipinski definition) is 6. The molecule has 0 amide bonds. The lowest BCUT2D eigenvalue weighted by atomic mass is 9.98. The van der Waals surface area contributed by atoms with Gasteiger partial charge in [-0.2, -0.15) is 0 Å². The van der Waals surface area contributed by atoms with Crippen molar-refractivity contribution in [2.24, 2.45) is 0 Å². The second-order valence-electron chi connectivity index (χ2n) is 7.58. The highest BCUT2D eigenvalue weighted by molar-refractivity contribution is 5.84. The van der Waals surface area contributed by atoms with E-state index >= 15 is 0 Å². The lowest BCUT2D eigenvalue weighted by molar-refractivity contribution is -0.250. The van der Waals surface area contributed by atoms with Gasteiger partial charge in [-0.1, -0.05) is 6.07 Å². The van der Waals surface area contributed by atoms with Crippen LogP contribution in [0.4, 0.5) is 8.78 Å². The van der Waals surface area contributed by atoms with E-state index in [0.29, 0.717) is 27.8 Å². The molecule has 4 N–H and O–H groups in total. The molecule has 1 fully saturated rings. The predicted octanol–water partition coefficient (Wildman–Crippen LogP) is 1.49. The number of fused-ring (bicyclic) bond motifs is 1. The van der Waals surface area contributed by atoms with Crippen LogP contribution in [0.2, 0.25) is 0 Å². The minimum absolute atomic E-state index is 0.125. The van der Waals surface area contributed by atoms with Crippen molar-refractivity contribution in [2.45, 2.75) is 37.1 Å². The molecule has 5 atom stereocenters. The van der Waals surface area contributed by atoms with Crippen LogP contribution in [0.15, 0.2) is 42.6 Å². The summed E-state index contributed by atoms with van der Waals surface area (Å²) >= 11 is 0. The van der Waals surface area contributed by atoms with Crippen LogP contribution in [0.5, 0.6) is 5.75 Å². The Hall–Kier alpha value is -2.56. The zero-order valence-corrected chi connectivity index (χ0v) is 16.7. The van der Waals surface area contributed by atoms with Gasteiger partial charge in [0.1, 0.15) is 41.8 Å². The number of hydrogen-bond donors (Lipinski definition) is 4. The monoisotopic (exact) mass is 435 g/mol. The largest absolute Gasteiger partial charge is 0.497 e. The molecule has 0 radical (unpaired) electrons. The van der Waals surface area contributed by atoms with Crippen molar-refractivity contribution < 1.29 is 38.7 Å². The SMILES string of the molecule is COc1ccc(Cc2cn([C@@H]3O[C@H](CO)[C@@H](O)[C@H](O)[C@H]3O)c3ccc(F)cc23)c(F)c1. The second kappa shape index (κ2) is 8.52. The Labute approximate surface area is 176 Å². The fraction of sp³-hybridized carbons (Fsp3) is 0.364. The summed E-state index contributed by atoms with van der Waals surface area (Å²) in [6.45, 7) is -0.570. The molecule has 0 spiro atoms. The summed E-state index contributed by atoms with van der Waals surface area (Å²) in [5.74, 6) is -0.601. The van der Waals surface area contributed by atoms with Gasteiger partial charge in [-0.05, 0) is 35.4 Å². The van der Waals surface area contributed by atoms with Gasteiger partial charge in [0.05, 0.1) is 19.2 Å². The van der Waals surface area contributed by atoms with Crippen molar-refractivity contribution >= 4 is 10.9 Å². The number of aliphatic hydroxyl groups excluding tert-OH is 4. The molecule has 4 rings (SSSR count). The number of ether oxygens (including phenoxy) is 2. The topological polar surface area (TPSA) is 104 Å². The minimum Gasteiger partial charge on any atom is -0.497 e. The fourth-order valence-electron chi connectivity index (χ4n) is 3.96. The molecule has 2 aromatic carbocycles. The molecule has 0 aliphatic carbocycles. The number of aromatic nitrogens is 1. The summed E-state index contributed by atoms with van der Waals surface area (Å²) < 4.78 is 40.7. The normalized spacial score (nSPS) is 26.4. The highest BCUT2D eigenvalue weighted by Gasteiger charge is 2.44. The molecular formula is C22H23F2NO6. The van der Waals surface area contributed by atoms with Crippen LogP contribution in [-0.2, 0) is 11.2 Å². The third-order valence-corrected chi connectivity index (χ3v) is 5.66. The van der Waals surface area contributed by atoms with Crippen LogP contribution in [0.3, 0.4) is 0 Å². The Kier molecular flexibility index (Phi) is 5.96. The maximum absolute atomic E-state index is 14.5. The average molecular weight is 435 g/mol. The second-order valence-corrected chi connectivity index (χ2v) is 7.58. The van der Waals surface area contributed by atoms with Gasteiger partial charge in [-0.15, -0.1) is 0 Å². The number of halogens is 2. The van der Waals surface area contributed by atoms with Crippen LogP contribution in [-0.4, -0.2) is 63.1 Å². The molecule has 1 aliphatic rings. The maximum atomic E-state index is 14.5. The smallest absolute Gasteiger partial charge is 0.163 e. The Morgan fingerprint density at radius 3 is 2.45 bits per heavy atom. The third kappa shape index (κ3) is 3.90. The molecule has 2 heterocycles. The quantitative estimate of drug-likeness (QED) is 0.484. The van der Waals surface area contributed by atoms with Gasteiger partial charge in [0.15, 0.2) is 6.23 Å². The predicted molar refractivity (Wildman–Crippen MR) is 107 cm³/mol. The molecule has 31 heavy (non-hydrogen) atoms. The first-order valence-electron chi connectivity index (χ1n) is 9.76. The van der Waals surface area contributed by atoms with E-state index < -0.39 is 48.9 Å². The number of benzene rings is 2. The molecule has 1 saturated heterocycles. The molecule has 9 heteroatoms. The average Bonchev–Trinajstić information content (AvgIpc) is 3.11. The molecule has 3 aromatic rings. The Morgan fingerprint density at radius 2 is 1.77 bits per heavy atom. The van der Waals surface area contributed by atoms with Crippen molar-refractivity contribution in [1.29, 1.82) is 0 Å². The van der Waals surface area contributed by atoms with Gasteiger partial charge < -0.3 is 34.5 Å². The zero-order valence-electron chi connectivity index (χ0n) is 16.7. The molecule has 0 bridgehead atoms. The summed E-state index contributed by atoms with van der Waals surface area (Å²) in [5, 5.41) is 40.6. The van der Waals surface area contributed by atoms with E-state index in [0.717, 1.165) is 0 Å². The van der Waals surface area contributed by atoms with E-state index in [2.05, 4.69) is 0 Å². The molecule has 0 saturated carbocycles. The van der Waals surface area contributed by atoms with E-state index in [-0.39, 0.29) is 6.42 Å². The van der Waals surface area contributed by atoms with Gasteiger partial charge >= 0.3 is 0 Å². The number of nitrogens with zero attached hydrogens (tertiary/aromatic N) is 1. The summed E-state index contributed by atoms with van der Waals surface area (Å²) in [6.07, 6.45) is -5.11. The Balaban J connectivity index is 1.78. The van der Waals surface area contributed by atoms with Crippen molar-refractivity contribution in [2.75, 3.05) is 13.7 Å². The fourth-order valence-corrected chi connectivity index (χ4v) is 3.96. The molecule has 0 unspecified atom stereocenters. The van der Waals surface area contributed by atoms with Crippen molar-refractivity contribution in [3.63, 3.8) is 0 Å². The lowest BCUT2D eigenvalue weighted by Gasteiger charge is -2.40. The number of rotatable bonds is 5. The van der Waals surface area contributed by atoms with Gasteiger partial charge in [0.25, 0.3) is 0 Å². The minimum atomic E-state index is -1.56. The van der Waals surface area contributed by atoms with Gasteiger partial charge in [0.2, 0.25) is 0 Å². The van der Waals surface area contributed by atoms with Gasteiger partial charge in [-0.25, -0.2) is 8.78 Å². The summed E-state index contributed by atoms with van der Waals surface area (Å²) in [7, 11) is 1.44. The highest BCUT2D eigenvalue weighted by atomic mass is 19.1. The van der Waals surface area contributed by atoms with E-state index in [1.807, 2.05) is 0 Å². The van der Waals surface area contributed by atoms with E-state index in [1.165, 1.54) is 35.9 Å². The summed E-state index contributed by atoms with van der Waals surface area (Å²) in [4.78, 5) is 0. The van der Waals surface area contributed by atoms with Crippen LogP contribution < -0.4 is 4.74 Å². The summed E-state index contributed by atoms with van der Waals surface area (Å²) in [6, 6.07) is 8.47. The van der Waals surface area contributed by atoms with Crippen molar-refractivity contribution in [3.8, 4) is 5.75 Å². The van der Waals surface area contributed by atoms with Gasteiger partial charge in [0, 0.05) is 24.1 Å². The lowest BCUT2D eigenvalue weighted by Crippen LogP contribution is -2.56. The van der Waals surface area contributed by atoms with E-state index in [9.17, 15) is 29.2 Å². The van der Waals surface area contributed by atoms with E-state index in [1.54, 1.807) is 18.3 Å². The van der Waals surface area contributed by atoms with Crippen LogP contribution in [0, 0.1) is 11.6 Å². The maximum Gasteiger partial charge on any atom is 0.163 e. The van der Waals surface area contributed by atoms with Crippen LogP contribution in [0.25, 0.3) is 10.9 Å². The molecule has 1 aliphatic heterocycles. The van der Waals surface area contributed by atoms with Gasteiger partial charge in [-0.3, -0.25) is 0 Å². The first kappa shape index (κ1) is 21.7. The summed E-state index contributed by atoms with van der Waals surface area (Å²) in [5.41, 5.74) is 1.41. The number of aliphatic hydroxyl groups is 4. The van der Waals surface area contributed by atoms with Crippen molar-refractivity contribution in [3.05, 3.63) is 65.4 Å². The van der Waals surface area contributed by atoms with E-state index in [4.69, 9.17) is 9.47 Å². The number of methoxy groups -OCH3 is 1.